The summed E-state index contributed by atoms with van der Waals surface area (Å²) in [5.41, 5.74) is 3.39. The van der Waals surface area contributed by atoms with Crippen molar-refractivity contribution < 1.29 is 13.6 Å². The SMILES string of the molecule is Cc1nc(NCc2cnn(CC3CC(F)(F)C3)c2)cc2c1NC(=O)[C@H](C(C)C)N2C. The predicted octanol–water partition coefficient (Wildman–Crippen LogP) is 3.66. The molecule has 7 nitrogen and oxygen atoms in total. The Kier molecular flexibility index (Phi) is 5.15. The number of hydrogen-bond acceptors (Lipinski definition) is 5. The standard InChI is InChI=1S/C21H28F2N6O/c1-12(2)19-20(30)27-18-13(3)26-17(5-16(18)28(19)4)24-8-15-9-25-29(11-15)10-14-6-21(22,23)7-14/h5,9,11-12,14,19H,6-8,10H2,1-4H3,(H,24,26)(H,27,30)/t19-/m0/s1. The minimum Gasteiger partial charge on any atom is -0.366 e. The number of anilines is 3. The van der Waals surface area contributed by atoms with Crippen LogP contribution in [0.5, 0.6) is 0 Å². The predicted molar refractivity (Wildman–Crippen MR) is 112 cm³/mol. The summed E-state index contributed by atoms with van der Waals surface area (Å²) in [4.78, 5) is 19.0. The van der Waals surface area contributed by atoms with E-state index < -0.39 is 5.92 Å². The summed E-state index contributed by atoms with van der Waals surface area (Å²) in [5, 5.41) is 10.6. The Morgan fingerprint density at radius 2 is 2.10 bits per heavy atom. The van der Waals surface area contributed by atoms with Gasteiger partial charge in [0.25, 0.3) is 0 Å². The molecule has 0 spiro atoms. The van der Waals surface area contributed by atoms with Gasteiger partial charge in [-0.2, -0.15) is 5.10 Å². The van der Waals surface area contributed by atoms with Crippen LogP contribution in [0.1, 0.15) is 37.9 Å². The minimum atomic E-state index is -2.50. The highest BCUT2D eigenvalue weighted by Gasteiger charge is 2.45. The van der Waals surface area contributed by atoms with Gasteiger partial charge in [-0.25, -0.2) is 13.8 Å². The Morgan fingerprint density at radius 1 is 1.37 bits per heavy atom. The molecule has 2 aromatic heterocycles. The van der Waals surface area contributed by atoms with Crippen LogP contribution in [0.3, 0.4) is 0 Å². The smallest absolute Gasteiger partial charge is 0.248 e. The van der Waals surface area contributed by atoms with Gasteiger partial charge < -0.3 is 15.5 Å². The average molecular weight is 418 g/mol. The van der Waals surface area contributed by atoms with E-state index >= 15 is 0 Å². The Hall–Kier alpha value is -2.71. The van der Waals surface area contributed by atoms with Crippen LogP contribution in [0, 0.1) is 18.8 Å². The van der Waals surface area contributed by atoms with Crippen LogP contribution in [0.2, 0.25) is 0 Å². The van der Waals surface area contributed by atoms with Crippen LogP contribution in [0.4, 0.5) is 26.0 Å². The number of carbonyl (C=O) groups is 1. The molecular weight excluding hydrogens is 390 g/mol. The van der Waals surface area contributed by atoms with E-state index in [1.807, 2.05) is 45.0 Å². The normalized spacial score (nSPS) is 20.7. The summed E-state index contributed by atoms with van der Waals surface area (Å²) < 4.78 is 27.7. The number of halogens is 2. The Balaban J connectivity index is 1.43. The number of aryl methyl sites for hydroxylation is 1. The fourth-order valence-corrected chi connectivity index (χ4v) is 4.42. The van der Waals surface area contributed by atoms with Crippen molar-refractivity contribution in [2.45, 2.75) is 58.7 Å². The monoisotopic (exact) mass is 418 g/mol. The van der Waals surface area contributed by atoms with E-state index in [0.717, 1.165) is 22.6 Å². The summed E-state index contributed by atoms with van der Waals surface area (Å²) >= 11 is 0. The molecule has 1 aliphatic heterocycles. The molecule has 1 atom stereocenters. The highest BCUT2D eigenvalue weighted by Crippen LogP contribution is 2.43. The molecule has 9 heteroatoms. The number of nitrogens with one attached hydrogen (secondary N) is 2. The molecule has 2 aliphatic rings. The van der Waals surface area contributed by atoms with Gasteiger partial charge in [0.2, 0.25) is 11.8 Å². The summed E-state index contributed by atoms with van der Waals surface area (Å²) in [6.45, 7) is 6.98. The van der Waals surface area contributed by atoms with Crippen LogP contribution in [0.15, 0.2) is 18.5 Å². The minimum absolute atomic E-state index is 0.00896. The van der Waals surface area contributed by atoms with Crippen molar-refractivity contribution >= 4 is 23.1 Å². The van der Waals surface area contributed by atoms with Gasteiger partial charge in [-0.1, -0.05) is 13.8 Å². The number of fused-ring (bicyclic) bond motifs is 1. The topological polar surface area (TPSA) is 75.1 Å². The lowest BCUT2D eigenvalue weighted by Gasteiger charge is -2.38. The third-order valence-electron chi connectivity index (χ3n) is 5.91. The summed E-state index contributed by atoms with van der Waals surface area (Å²) in [5.74, 6) is -1.63. The van der Waals surface area contributed by atoms with E-state index in [9.17, 15) is 13.6 Å². The number of alkyl halides is 2. The first-order valence-corrected chi connectivity index (χ1v) is 10.3. The van der Waals surface area contributed by atoms with E-state index in [0.29, 0.717) is 18.9 Å². The lowest BCUT2D eigenvalue weighted by Crippen LogP contribution is -2.49. The summed E-state index contributed by atoms with van der Waals surface area (Å²) in [7, 11) is 1.93. The van der Waals surface area contributed by atoms with Crippen molar-refractivity contribution in [1.29, 1.82) is 0 Å². The fourth-order valence-electron chi connectivity index (χ4n) is 4.42. The van der Waals surface area contributed by atoms with E-state index in [1.54, 1.807) is 10.9 Å². The lowest BCUT2D eigenvalue weighted by atomic mass is 9.81. The Bertz CT molecular complexity index is 949. The molecular formula is C21H28F2N6O. The van der Waals surface area contributed by atoms with Crippen LogP contribution in [-0.2, 0) is 17.9 Å². The van der Waals surface area contributed by atoms with E-state index in [4.69, 9.17) is 0 Å². The van der Waals surface area contributed by atoms with Crippen molar-refractivity contribution in [1.82, 2.24) is 14.8 Å². The molecule has 1 fully saturated rings. The molecule has 1 aliphatic carbocycles. The molecule has 0 aromatic carbocycles. The van der Waals surface area contributed by atoms with Gasteiger partial charge in [0, 0.05) is 50.8 Å². The maximum atomic E-state index is 13.0. The largest absolute Gasteiger partial charge is 0.366 e. The molecule has 0 saturated heterocycles. The second-order valence-corrected chi connectivity index (χ2v) is 8.83. The van der Waals surface area contributed by atoms with Crippen LogP contribution in [0.25, 0.3) is 0 Å². The average Bonchev–Trinajstić information content (AvgIpc) is 3.07. The fraction of sp³-hybridized carbons (Fsp3) is 0.571. The number of nitrogens with zero attached hydrogens (tertiary/aromatic N) is 4. The number of aromatic nitrogens is 3. The number of pyridine rings is 1. The highest BCUT2D eigenvalue weighted by atomic mass is 19.3. The molecule has 2 N–H and O–H groups in total. The van der Waals surface area contributed by atoms with E-state index in [2.05, 4.69) is 20.7 Å². The molecule has 1 amide bonds. The van der Waals surface area contributed by atoms with Crippen LogP contribution < -0.4 is 15.5 Å². The van der Waals surface area contributed by atoms with Gasteiger partial charge >= 0.3 is 0 Å². The van der Waals surface area contributed by atoms with Gasteiger partial charge in [-0.3, -0.25) is 9.48 Å². The van der Waals surface area contributed by atoms with Crippen molar-refractivity contribution in [2.24, 2.45) is 11.8 Å². The Morgan fingerprint density at radius 3 is 2.77 bits per heavy atom. The quantitative estimate of drug-likeness (QED) is 0.749. The van der Waals surface area contributed by atoms with Crippen molar-refractivity contribution in [3.63, 3.8) is 0 Å². The number of amides is 1. The number of rotatable bonds is 6. The first-order chi connectivity index (χ1) is 14.1. The summed E-state index contributed by atoms with van der Waals surface area (Å²) in [6, 6.07) is 1.71. The molecule has 0 unspecified atom stereocenters. The number of hydrogen-bond donors (Lipinski definition) is 2. The zero-order valence-electron chi connectivity index (χ0n) is 17.7. The van der Waals surface area contributed by atoms with Gasteiger partial charge in [-0.05, 0) is 18.8 Å². The van der Waals surface area contributed by atoms with Crippen LogP contribution >= 0.6 is 0 Å². The second kappa shape index (κ2) is 7.52. The number of likely N-dealkylation sites (N-methyl/N-ethyl adjacent to an activating group) is 1. The molecule has 0 radical (unpaired) electrons. The van der Waals surface area contributed by atoms with Crippen molar-refractivity contribution in [3.05, 3.63) is 29.7 Å². The third kappa shape index (κ3) is 3.97. The second-order valence-electron chi connectivity index (χ2n) is 8.83. The van der Waals surface area contributed by atoms with Crippen molar-refractivity contribution in [3.8, 4) is 0 Å². The highest BCUT2D eigenvalue weighted by molar-refractivity contribution is 6.04. The maximum absolute atomic E-state index is 13.0. The lowest BCUT2D eigenvalue weighted by molar-refractivity contribution is -0.118. The van der Waals surface area contributed by atoms with E-state index in [1.165, 1.54) is 0 Å². The van der Waals surface area contributed by atoms with Gasteiger partial charge in [0.1, 0.15) is 11.9 Å². The summed E-state index contributed by atoms with van der Waals surface area (Å²) in [6.07, 6.45) is 3.52. The van der Waals surface area contributed by atoms with Crippen molar-refractivity contribution in [2.75, 3.05) is 22.6 Å². The first kappa shape index (κ1) is 20.6. The van der Waals surface area contributed by atoms with Gasteiger partial charge in [0.05, 0.1) is 23.3 Å². The zero-order valence-corrected chi connectivity index (χ0v) is 17.7. The number of carbonyl (C=O) groups excluding carboxylic acids is 1. The molecule has 162 valence electrons. The molecule has 4 rings (SSSR count). The van der Waals surface area contributed by atoms with E-state index in [-0.39, 0.29) is 36.6 Å². The molecule has 1 saturated carbocycles. The molecule has 30 heavy (non-hydrogen) atoms. The zero-order chi connectivity index (χ0) is 21.6. The molecule has 3 heterocycles. The molecule has 2 aromatic rings. The van der Waals surface area contributed by atoms with Gasteiger partial charge in [-0.15, -0.1) is 0 Å². The molecule has 0 bridgehead atoms. The van der Waals surface area contributed by atoms with Crippen LogP contribution in [-0.4, -0.2) is 39.7 Å². The third-order valence-corrected chi connectivity index (χ3v) is 5.91. The first-order valence-electron chi connectivity index (χ1n) is 10.3. The Labute approximate surface area is 174 Å². The maximum Gasteiger partial charge on any atom is 0.248 e. The van der Waals surface area contributed by atoms with Gasteiger partial charge in [0.15, 0.2) is 0 Å².